The summed E-state index contributed by atoms with van der Waals surface area (Å²) in [6.45, 7) is 1.23. The van der Waals surface area contributed by atoms with Crippen LogP contribution in [0.4, 0.5) is 11.4 Å². The first-order valence-corrected chi connectivity index (χ1v) is 5.77. The van der Waals surface area contributed by atoms with Crippen LogP contribution in [0.5, 0.6) is 0 Å². The number of carbonyl (C=O) groups is 1. The molecule has 0 fully saturated rings. The Morgan fingerprint density at radius 3 is 2.47 bits per heavy atom. The van der Waals surface area contributed by atoms with Crippen molar-refractivity contribution < 1.29 is 9.72 Å². The van der Waals surface area contributed by atoms with Gasteiger partial charge in [-0.3, -0.25) is 14.9 Å². The fourth-order valence-corrected chi connectivity index (χ4v) is 1.56. The zero-order valence-electron chi connectivity index (χ0n) is 11.3. The van der Waals surface area contributed by atoms with E-state index in [0.717, 1.165) is 0 Å². The quantitative estimate of drug-likeness (QED) is 0.483. The van der Waals surface area contributed by atoms with Gasteiger partial charge >= 0.3 is 0 Å². The minimum Gasteiger partial charge on any atom is -0.393 e. The van der Waals surface area contributed by atoms with Crippen LogP contribution in [0, 0.1) is 10.1 Å². The van der Waals surface area contributed by atoms with Crippen LogP contribution in [0.15, 0.2) is 18.2 Å². The molecule has 0 aliphatic heterocycles. The highest BCUT2D eigenvalue weighted by Gasteiger charge is 2.21. The molecule has 0 radical (unpaired) electrons. The minimum absolute atomic E-state index is 0.0887. The Kier molecular flexibility index (Phi) is 4.82. The van der Waals surface area contributed by atoms with E-state index in [4.69, 9.17) is 5.73 Å². The summed E-state index contributed by atoms with van der Waals surface area (Å²) in [6, 6.07) is 4.24. The summed E-state index contributed by atoms with van der Waals surface area (Å²) in [5.41, 5.74) is 5.51. The standard InChI is InChI=1S/C12H18N4O3/c1-14(2)7-8-15(3)12(17)9-5-4-6-10(11(9)13)16(18)19/h4-6H,7-8,13H2,1-3H3. The van der Waals surface area contributed by atoms with Crippen LogP contribution in [0.25, 0.3) is 0 Å². The van der Waals surface area contributed by atoms with Gasteiger partial charge in [-0.15, -0.1) is 0 Å². The second-order valence-corrected chi connectivity index (χ2v) is 4.53. The third-order valence-electron chi connectivity index (χ3n) is 2.74. The van der Waals surface area contributed by atoms with Crippen molar-refractivity contribution >= 4 is 17.3 Å². The van der Waals surface area contributed by atoms with Crippen LogP contribution >= 0.6 is 0 Å². The topological polar surface area (TPSA) is 92.7 Å². The Labute approximate surface area is 111 Å². The first-order valence-electron chi connectivity index (χ1n) is 5.77. The molecule has 2 N–H and O–H groups in total. The molecule has 1 aromatic rings. The van der Waals surface area contributed by atoms with Crippen molar-refractivity contribution in [3.8, 4) is 0 Å². The molecule has 0 saturated heterocycles. The molecule has 7 heteroatoms. The van der Waals surface area contributed by atoms with E-state index in [0.29, 0.717) is 13.1 Å². The lowest BCUT2D eigenvalue weighted by atomic mass is 10.1. The summed E-state index contributed by atoms with van der Waals surface area (Å²) in [5.74, 6) is -0.317. The van der Waals surface area contributed by atoms with Crippen molar-refractivity contribution in [2.24, 2.45) is 0 Å². The van der Waals surface area contributed by atoms with Crippen molar-refractivity contribution in [3.63, 3.8) is 0 Å². The number of hydrogen-bond acceptors (Lipinski definition) is 5. The molecular formula is C12H18N4O3. The van der Waals surface area contributed by atoms with Gasteiger partial charge in [0.15, 0.2) is 0 Å². The average molecular weight is 266 g/mol. The number of amides is 1. The molecular weight excluding hydrogens is 248 g/mol. The van der Waals surface area contributed by atoms with E-state index in [1.54, 1.807) is 7.05 Å². The zero-order chi connectivity index (χ0) is 14.6. The number of para-hydroxylation sites is 1. The monoisotopic (exact) mass is 266 g/mol. The number of carbonyl (C=O) groups excluding carboxylic acids is 1. The van der Waals surface area contributed by atoms with Crippen LogP contribution in [0.1, 0.15) is 10.4 Å². The molecule has 0 unspecified atom stereocenters. The van der Waals surface area contributed by atoms with E-state index in [2.05, 4.69) is 0 Å². The molecule has 1 aromatic carbocycles. The van der Waals surface area contributed by atoms with E-state index in [-0.39, 0.29) is 22.8 Å². The highest BCUT2D eigenvalue weighted by molar-refractivity contribution is 6.00. The lowest BCUT2D eigenvalue weighted by Crippen LogP contribution is -2.33. The molecule has 104 valence electrons. The predicted molar refractivity (Wildman–Crippen MR) is 73.0 cm³/mol. The average Bonchev–Trinajstić information content (AvgIpc) is 2.34. The Morgan fingerprint density at radius 2 is 1.95 bits per heavy atom. The van der Waals surface area contributed by atoms with Crippen LogP contribution in [-0.2, 0) is 0 Å². The summed E-state index contributed by atoms with van der Waals surface area (Å²) in [7, 11) is 5.45. The number of rotatable bonds is 5. The molecule has 0 spiro atoms. The molecule has 19 heavy (non-hydrogen) atoms. The summed E-state index contributed by atoms with van der Waals surface area (Å²) in [4.78, 5) is 25.8. The second kappa shape index (κ2) is 6.14. The van der Waals surface area contributed by atoms with Gasteiger partial charge in [0.1, 0.15) is 5.69 Å². The molecule has 0 heterocycles. The summed E-state index contributed by atoms with van der Waals surface area (Å²) < 4.78 is 0. The number of nitro groups is 1. The molecule has 0 aromatic heterocycles. The SMILES string of the molecule is CN(C)CCN(C)C(=O)c1cccc([N+](=O)[O-])c1N. The predicted octanol–water partition coefficient (Wildman–Crippen LogP) is 0.811. The maximum absolute atomic E-state index is 12.2. The summed E-state index contributed by atoms with van der Waals surface area (Å²) >= 11 is 0. The van der Waals surface area contributed by atoms with E-state index in [9.17, 15) is 14.9 Å². The maximum Gasteiger partial charge on any atom is 0.292 e. The summed E-state index contributed by atoms with van der Waals surface area (Å²) in [6.07, 6.45) is 0. The van der Waals surface area contributed by atoms with Gasteiger partial charge in [-0.2, -0.15) is 0 Å². The van der Waals surface area contributed by atoms with Gasteiger partial charge in [0.2, 0.25) is 0 Å². The van der Waals surface area contributed by atoms with E-state index >= 15 is 0 Å². The lowest BCUT2D eigenvalue weighted by Gasteiger charge is -2.20. The normalized spacial score (nSPS) is 10.5. The fourth-order valence-electron chi connectivity index (χ4n) is 1.56. The van der Waals surface area contributed by atoms with Crippen LogP contribution < -0.4 is 5.73 Å². The van der Waals surface area contributed by atoms with Crippen molar-refractivity contribution in [3.05, 3.63) is 33.9 Å². The second-order valence-electron chi connectivity index (χ2n) is 4.53. The molecule has 0 saturated carbocycles. The largest absolute Gasteiger partial charge is 0.393 e. The van der Waals surface area contributed by atoms with Gasteiger partial charge in [-0.25, -0.2) is 0 Å². The molecule has 0 bridgehead atoms. The van der Waals surface area contributed by atoms with Gasteiger partial charge in [-0.05, 0) is 20.2 Å². The smallest absolute Gasteiger partial charge is 0.292 e. The van der Waals surface area contributed by atoms with Gasteiger partial charge in [0.05, 0.1) is 10.5 Å². The lowest BCUT2D eigenvalue weighted by molar-refractivity contribution is -0.383. The number of anilines is 1. The fraction of sp³-hybridized carbons (Fsp3) is 0.417. The number of likely N-dealkylation sites (N-methyl/N-ethyl adjacent to an activating group) is 2. The first kappa shape index (κ1) is 14.9. The number of nitrogens with two attached hydrogens (primary N) is 1. The maximum atomic E-state index is 12.2. The number of nitro benzene ring substituents is 1. The number of hydrogen-bond donors (Lipinski definition) is 1. The Morgan fingerprint density at radius 1 is 1.32 bits per heavy atom. The van der Waals surface area contributed by atoms with E-state index in [1.807, 2.05) is 19.0 Å². The van der Waals surface area contributed by atoms with Crippen LogP contribution in [0.2, 0.25) is 0 Å². The summed E-state index contributed by atoms with van der Waals surface area (Å²) in [5, 5.41) is 10.8. The number of benzene rings is 1. The molecule has 0 aliphatic carbocycles. The van der Waals surface area contributed by atoms with Crippen LogP contribution in [0.3, 0.4) is 0 Å². The van der Waals surface area contributed by atoms with E-state index in [1.165, 1.54) is 23.1 Å². The Balaban J connectivity index is 2.94. The molecule has 1 rings (SSSR count). The molecule has 1 amide bonds. The highest BCUT2D eigenvalue weighted by atomic mass is 16.6. The third kappa shape index (κ3) is 3.65. The van der Waals surface area contributed by atoms with Crippen molar-refractivity contribution in [2.45, 2.75) is 0 Å². The Hall–Kier alpha value is -2.15. The van der Waals surface area contributed by atoms with Gasteiger partial charge < -0.3 is 15.5 Å². The minimum atomic E-state index is -0.591. The van der Waals surface area contributed by atoms with Gasteiger partial charge in [0.25, 0.3) is 11.6 Å². The number of nitrogens with zero attached hydrogens (tertiary/aromatic N) is 3. The molecule has 0 atom stereocenters. The van der Waals surface area contributed by atoms with Gasteiger partial charge in [-0.1, -0.05) is 6.07 Å². The first-order chi connectivity index (χ1) is 8.84. The van der Waals surface area contributed by atoms with Crippen molar-refractivity contribution in [1.82, 2.24) is 9.80 Å². The third-order valence-corrected chi connectivity index (χ3v) is 2.74. The van der Waals surface area contributed by atoms with E-state index < -0.39 is 4.92 Å². The van der Waals surface area contributed by atoms with Crippen LogP contribution in [-0.4, -0.2) is 54.9 Å². The highest BCUT2D eigenvalue weighted by Crippen LogP contribution is 2.25. The van der Waals surface area contributed by atoms with Crippen molar-refractivity contribution in [2.75, 3.05) is 40.0 Å². The van der Waals surface area contributed by atoms with Crippen molar-refractivity contribution in [1.29, 1.82) is 0 Å². The molecule has 7 nitrogen and oxygen atoms in total. The Bertz CT molecular complexity index is 488. The zero-order valence-corrected chi connectivity index (χ0v) is 11.3. The number of nitrogen functional groups attached to an aromatic ring is 1. The van der Waals surface area contributed by atoms with Gasteiger partial charge in [0, 0.05) is 26.2 Å². The molecule has 0 aliphatic rings.